The van der Waals surface area contributed by atoms with Crippen LogP contribution in [0.3, 0.4) is 0 Å². The number of primary amides is 1. The number of alkyl halides is 3. The third-order valence-corrected chi connectivity index (χ3v) is 3.23. The van der Waals surface area contributed by atoms with Crippen LogP contribution in [0.4, 0.5) is 18.0 Å². The van der Waals surface area contributed by atoms with Crippen molar-refractivity contribution in [1.82, 2.24) is 5.43 Å². The molecule has 9 heteroatoms. The Morgan fingerprint density at radius 3 is 2.72 bits per heavy atom. The second-order valence-corrected chi connectivity index (χ2v) is 5.34. The predicted molar refractivity (Wildman–Crippen MR) is 87.5 cm³/mol. The molecule has 2 rings (SSSR count). The maximum atomic E-state index is 12.7. The topological polar surface area (TPSA) is 76.7 Å². The molecule has 3 N–H and O–H groups in total. The molecule has 0 aliphatic rings. The zero-order valence-electron chi connectivity index (χ0n) is 12.7. The van der Waals surface area contributed by atoms with Gasteiger partial charge in [0.1, 0.15) is 12.4 Å². The van der Waals surface area contributed by atoms with Gasteiger partial charge in [0.05, 0.1) is 11.8 Å². The number of urea groups is 1. The fraction of sp³-hybridized carbons (Fsp3) is 0.125. The van der Waals surface area contributed by atoms with E-state index in [9.17, 15) is 18.0 Å². The lowest BCUT2D eigenvalue weighted by atomic mass is 10.1. The number of carbonyl (C=O) groups is 1. The highest BCUT2D eigenvalue weighted by Gasteiger charge is 2.30. The number of benzene rings is 2. The van der Waals surface area contributed by atoms with E-state index >= 15 is 0 Å². The van der Waals surface area contributed by atoms with Gasteiger partial charge >= 0.3 is 12.2 Å². The average molecular weight is 372 g/mol. The normalized spacial score (nSPS) is 11.5. The van der Waals surface area contributed by atoms with Gasteiger partial charge in [-0.3, -0.25) is 0 Å². The fourth-order valence-electron chi connectivity index (χ4n) is 1.92. The van der Waals surface area contributed by atoms with Gasteiger partial charge in [-0.25, -0.2) is 10.2 Å². The molecule has 0 aliphatic carbocycles. The minimum atomic E-state index is -4.42. The highest BCUT2D eigenvalue weighted by molar-refractivity contribution is 6.30. The van der Waals surface area contributed by atoms with Crippen molar-refractivity contribution >= 4 is 23.8 Å². The van der Waals surface area contributed by atoms with Crippen LogP contribution in [-0.2, 0) is 12.8 Å². The van der Waals surface area contributed by atoms with E-state index in [-0.39, 0.29) is 6.61 Å². The standard InChI is InChI=1S/C16H13ClF3N3O2/c17-13-4-5-14(11(7-13)8-22-23-15(21)24)25-9-10-2-1-3-12(6-10)16(18,19)20/h1-8H,9H2,(H3,21,23,24). The minimum absolute atomic E-state index is 0.0877. The van der Waals surface area contributed by atoms with Crippen LogP contribution in [0.2, 0.25) is 5.02 Å². The monoisotopic (exact) mass is 371 g/mol. The SMILES string of the molecule is NC(=O)NN=Cc1cc(Cl)ccc1OCc1cccc(C(F)(F)F)c1. The molecule has 5 nitrogen and oxygen atoms in total. The lowest BCUT2D eigenvalue weighted by molar-refractivity contribution is -0.137. The molecule has 0 heterocycles. The number of rotatable bonds is 5. The van der Waals surface area contributed by atoms with E-state index in [1.54, 1.807) is 12.1 Å². The third kappa shape index (κ3) is 5.68. The number of carbonyl (C=O) groups excluding carboxylic acids is 1. The van der Waals surface area contributed by atoms with Crippen molar-refractivity contribution in [1.29, 1.82) is 0 Å². The van der Waals surface area contributed by atoms with Crippen LogP contribution in [0, 0.1) is 0 Å². The summed E-state index contributed by atoms with van der Waals surface area (Å²) in [5.41, 5.74) is 6.94. The van der Waals surface area contributed by atoms with Crippen LogP contribution < -0.4 is 15.9 Å². The number of ether oxygens (including phenoxy) is 1. The van der Waals surface area contributed by atoms with Crippen molar-refractivity contribution in [3.05, 3.63) is 64.2 Å². The van der Waals surface area contributed by atoms with Crippen LogP contribution in [0.1, 0.15) is 16.7 Å². The lowest BCUT2D eigenvalue weighted by Crippen LogP contribution is -2.24. The molecule has 2 aromatic carbocycles. The van der Waals surface area contributed by atoms with Gasteiger partial charge in [0, 0.05) is 10.6 Å². The Kier molecular flexibility index (Phi) is 5.87. The summed E-state index contributed by atoms with van der Waals surface area (Å²) in [4.78, 5) is 10.6. The number of amides is 2. The molecule has 0 unspecified atom stereocenters. The molecular formula is C16H13ClF3N3O2. The van der Waals surface area contributed by atoms with Crippen LogP contribution in [0.5, 0.6) is 5.75 Å². The van der Waals surface area contributed by atoms with Gasteiger partial charge in [-0.15, -0.1) is 0 Å². The van der Waals surface area contributed by atoms with E-state index in [1.807, 2.05) is 5.43 Å². The Bertz CT molecular complexity index is 794. The van der Waals surface area contributed by atoms with Crippen LogP contribution in [0.25, 0.3) is 0 Å². The zero-order chi connectivity index (χ0) is 18.4. The van der Waals surface area contributed by atoms with Crippen LogP contribution in [-0.4, -0.2) is 12.2 Å². The van der Waals surface area contributed by atoms with Crippen molar-refractivity contribution in [3.8, 4) is 5.75 Å². The molecule has 25 heavy (non-hydrogen) atoms. The van der Waals surface area contributed by atoms with Gasteiger partial charge in [0.25, 0.3) is 0 Å². The van der Waals surface area contributed by atoms with Gasteiger partial charge < -0.3 is 10.5 Å². The summed E-state index contributed by atoms with van der Waals surface area (Å²) in [6, 6.07) is 8.61. The number of hydrogen-bond donors (Lipinski definition) is 2. The average Bonchev–Trinajstić information content (AvgIpc) is 2.53. The summed E-state index contributed by atoms with van der Waals surface area (Å²) in [6.45, 7) is -0.0877. The predicted octanol–water partition coefficient (Wildman–Crippen LogP) is 3.94. The maximum absolute atomic E-state index is 12.7. The molecule has 0 saturated heterocycles. The first kappa shape index (κ1) is 18.6. The molecule has 2 amide bonds. The van der Waals surface area contributed by atoms with E-state index in [0.717, 1.165) is 12.1 Å². The second-order valence-electron chi connectivity index (χ2n) is 4.90. The molecule has 0 spiro atoms. The molecule has 2 aromatic rings. The van der Waals surface area contributed by atoms with Gasteiger partial charge in [-0.05, 0) is 35.9 Å². The van der Waals surface area contributed by atoms with Gasteiger partial charge in [0.2, 0.25) is 0 Å². The molecule has 0 radical (unpaired) electrons. The Morgan fingerprint density at radius 2 is 2.04 bits per heavy atom. The van der Waals surface area contributed by atoms with Crippen molar-refractivity contribution in [2.45, 2.75) is 12.8 Å². The van der Waals surface area contributed by atoms with Crippen LogP contribution >= 0.6 is 11.6 Å². The Balaban J connectivity index is 2.15. The summed E-state index contributed by atoms with van der Waals surface area (Å²) in [5, 5.41) is 4.00. The summed E-state index contributed by atoms with van der Waals surface area (Å²) in [6.07, 6.45) is -3.16. The second kappa shape index (κ2) is 7.89. The highest BCUT2D eigenvalue weighted by Crippen LogP contribution is 2.30. The number of nitrogens with zero attached hydrogens (tertiary/aromatic N) is 1. The van der Waals surface area contributed by atoms with E-state index in [0.29, 0.717) is 21.9 Å². The first-order chi connectivity index (χ1) is 11.8. The van der Waals surface area contributed by atoms with Crippen LogP contribution in [0.15, 0.2) is 47.6 Å². The number of hydrazone groups is 1. The molecule has 0 aliphatic heterocycles. The minimum Gasteiger partial charge on any atom is -0.488 e. The van der Waals surface area contributed by atoms with Crippen molar-refractivity contribution in [2.75, 3.05) is 0 Å². The largest absolute Gasteiger partial charge is 0.488 e. The maximum Gasteiger partial charge on any atom is 0.416 e. The smallest absolute Gasteiger partial charge is 0.416 e. The van der Waals surface area contributed by atoms with Crippen molar-refractivity contribution in [3.63, 3.8) is 0 Å². The quantitative estimate of drug-likeness (QED) is 0.617. The number of nitrogens with one attached hydrogen (secondary N) is 1. The molecule has 132 valence electrons. The highest BCUT2D eigenvalue weighted by atomic mass is 35.5. The molecule has 0 bridgehead atoms. The molecule has 0 saturated carbocycles. The Labute approximate surface area is 146 Å². The number of hydrogen-bond acceptors (Lipinski definition) is 3. The Morgan fingerprint density at radius 1 is 1.28 bits per heavy atom. The third-order valence-electron chi connectivity index (χ3n) is 3.00. The van der Waals surface area contributed by atoms with E-state index < -0.39 is 17.8 Å². The number of nitrogens with two attached hydrogens (primary N) is 1. The van der Waals surface area contributed by atoms with E-state index in [2.05, 4.69) is 5.10 Å². The van der Waals surface area contributed by atoms with E-state index in [4.69, 9.17) is 22.1 Å². The fourth-order valence-corrected chi connectivity index (χ4v) is 2.10. The van der Waals surface area contributed by atoms with Gasteiger partial charge in [-0.1, -0.05) is 23.7 Å². The van der Waals surface area contributed by atoms with Gasteiger partial charge in [0.15, 0.2) is 0 Å². The molecule has 0 aromatic heterocycles. The van der Waals surface area contributed by atoms with Gasteiger partial charge in [-0.2, -0.15) is 18.3 Å². The molecular weight excluding hydrogens is 359 g/mol. The molecule has 0 atom stereocenters. The molecule has 0 fully saturated rings. The first-order valence-electron chi connectivity index (χ1n) is 6.92. The van der Waals surface area contributed by atoms with Crippen molar-refractivity contribution in [2.24, 2.45) is 10.8 Å². The summed E-state index contributed by atoms with van der Waals surface area (Å²) < 4.78 is 43.7. The van der Waals surface area contributed by atoms with E-state index in [1.165, 1.54) is 24.4 Å². The van der Waals surface area contributed by atoms with Crippen molar-refractivity contribution < 1.29 is 22.7 Å². The summed E-state index contributed by atoms with van der Waals surface area (Å²) in [7, 11) is 0. The lowest BCUT2D eigenvalue weighted by Gasteiger charge is -2.11. The first-order valence-corrected chi connectivity index (χ1v) is 7.30. The Hall–Kier alpha value is -2.74. The summed E-state index contributed by atoms with van der Waals surface area (Å²) >= 11 is 5.89. The summed E-state index contributed by atoms with van der Waals surface area (Å²) in [5.74, 6) is 0.330. The zero-order valence-corrected chi connectivity index (χ0v) is 13.4. The number of halogens is 4.